The van der Waals surface area contributed by atoms with Crippen LogP contribution in [0.5, 0.6) is 5.75 Å². The highest BCUT2D eigenvalue weighted by Crippen LogP contribution is 2.36. The number of anilines is 2. The van der Waals surface area contributed by atoms with Gasteiger partial charge in [-0.05, 0) is 54.3 Å². The largest absolute Gasteiger partial charge is 0.497 e. The Balaban J connectivity index is 1.30. The third kappa shape index (κ3) is 4.54. The summed E-state index contributed by atoms with van der Waals surface area (Å²) < 4.78 is 5.23. The maximum absolute atomic E-state index is 13.4. The Hall–Kier alpha value is -3.47. The van der Waals surface area contributed by atoms with Crippen molar-refractivity contribution in [3.8, 4) is 5.75 Å². The Kier molecular flexibility index (Phi) is 6.20. The summed E-state index contributed by atoms with van der Waals surface area (Å²) in [5.74, 6) is 0.939. The van der Waals surface area contributed by atoms with E-state index in [1.165, 1.54) is 22.5 Å². The summed E-state index contributed by atoms with van der Waals surface area (Å²) in [6, 6.07) is 27.3. The van der Waals surface area contributed by atoms with Gasteiger partial charge in [-0.15, -0.1) is 0 Å². The van der Waals surface area contributed by atoms with Gasteiger partial charge in [-0.2, -0.15) is 0 Å². The van der Waals surface area contributed by atoms with Crippen LogP contribution in [0.4, 0.5) is 11.4 Å². The Morgan fingerprint density at radius 1 is 0.970 bits per heavy atom. The number of nitrogens with one attached hydrogen (secondary N) is 1. The van der Waals surface area contributed by atoms with Crippen LogP contribution in [0, 0.1) is 5.92 Å². The van der Waals surface area contributed by atoms with Gasteiger partial charge in [0.15, 0.2) is 0 Å². The molecule has 0 bridgehead atoms. The third-order valence-corrected chi connectivity index (χ3v) is 6.95. The molecular weight excluding hydrogens is 410 g/mol. The molecule has 3 aromatic rings. The molecule has 0 aromatic heterocycles. The predicted octanol–water partition coefficient (Wildman–Crippen LogP) is 3.92. The number of rotatable bonds is 6. The molecule has 3 aromatic carbocycles. The Morgan fingerprint density at radius 3 is 2.52 bits per heavy atom. The van der Waals surface area contributed by atoms with E-state index in [0.29, 0.717) is 6.54 Å². The molecule has 5 nitrogen and oxygen atoms in total. The minimum absolute atomic E-state index is 0.0673. The number of benzene rings is 3. The van der Waals surface area contributed by atoms with Crippen LogP contribution < -0.4 is 19.9 Å². The van der Waals surface area contributed by atoms with Crippen molar-refractivity contribution in [2.75, 3.05) is 43.1 Å². The fourth-order valence-corrected chi connectivity index (χ4v) is 5.18. The van der Waals surface area contributed by atoms with Crippen molar-refractivity contribution >= 4 is 17.3 Å². The van der Waals surface area contributed by atoms with Crippen molar-refractivity contribution in [2.24, 2.45) is 5.92 Å². The molecule has 170 valence electrons. The zero-order chi connectivity index (χ0) is 22.6. The molecule has 5 rings (SSSR count). The van der Waals surface area contributed by atoms with Gasteiger partial charge in [0.2, 0.25) is 5.91 Å². The second-order valence-corrected chi connectivity index (χ2v) is 8.87. The molecule has 1 amide bonds. The normalized spacial score (nSPS) is 19.4. The molecule has 0 saturated carbocycles. The second-order valence-electron chi connectivity index (χ2n) is 8.87. The summed E-state index contributed by atoms with van der Waals surface area (Å²) >= 11 is 0. The first-order chi connectivity index (χ1) is 16.2. The average molecular weight is 442 g/mol. The Bertz CT molecular complexity index is 1080. The van der Waals surface area contributed by atoms with Crippen molar-refractivity contribution in [2.45, 2.75) is 18.9 Å². The lowest BCUT2D eigenvalue weighted by molar-refractivity contribution is -0.125. The van der Waals surface area contributed by atoms with Gasteiger partial charge in [-0.1, -0.05) is 48.5 Å². The first-order valence-electron chi connectivity index (χ1n) is 11.8. The summed E-state index contributed by atoms with van der Waals surface area (Å²) in [6.07, 6.45) is 1.60. The third-order valence-electron chi connectivity index (χ3n) is 6.95. The van der Waals surface area contributed by atoms with Crippen LogP contribution in [0.3, 0.4) is 0 Å². The van der Waals surface area contributed by atoms with E-state index in [1.807, 2.05) is 12.1 Å². The average Bonchev–Trinajstić information content (AvgIpc) is 2.88. The number of hydrogen-bond donors (Lipinski definition) is 1. The van der Waals surface area contributed by atoms with E-state index >= 15 is 0 Å². The number of nitrogens with zero attached hydrogens (tertiary/aromatic N) is 2. The van der Waals surface area contributed by atoms with Gasteiger partial charge in [-0.3, -0.25) is 4.79 Å². The Morgan fingerprint density at radius 2 is 1.73 bits per heavy atom. The molecule has 0 spiro atoms. The molecule has 0 aliphatic carbocycles. The molecular formula is C28H31N3O2. The van der Waals surface area contributed by atoms with Gasteiger partial charge in [0.25, 0.3) is 0 Å². The number of piperazine rings is 1. The first kappa shape index (κ1) is 21.4. The maximum atomic E-state index is 13.4. The molecule has 2 aliphatic rings. The predicted molar refractivity (Wildman–Crippen MR) is 133 cm³/mol. The van der Waals surface area contributed by atoms with E-state index in [1.54, 1.807) is 7.11 Å². The molecule has 1 N–H and O–H groups in total. The molecule has 33 heavy (non-hydrogen) atoms. The Labute approximate surface area is 196 Å². The number of methoxy groups -OCH3 is 1. The van der Waals surface area contributed by atoms with Crippen molar-refractivity contribution < 1.29 is 9.53 Å². The minimum atomic E-state index is -0.0673. The second kappa shape index (κ2) is 9.57. The molecule has 0 radical (unpaired) electrons. The molecule has 2 atom stereocenters. The molecule has 1 fully saturated rings. The van der Waals surface area contributed by atoms with Gasteiger partial charge in [0.05, 0.1) is 19.1 Å². The van der Waals surface area contributed by atoms with Crippen LogP contribution in [0.2, 0.25) is 0 Å². The smallest absolute Gasteiger partial charge is 0.225 e. The number of amides is 1. The van der Waals surface area contributed by atoms with Crippen LogP contribution in [0.15, 0.2) is 78.9 Å². The molecule has 1 saturated heterocycles. The highest BCUT2D eigenvalue weighted by atomic mass is 16.5. The van der Waals surface area contributed by atoms with E-state index in [2.05, 4.69) is 81.8 Å². The van der Waals surface area contributed by atoms with Crippen molar-refractivity contribution in [3.63, 3.8) is 0 Å². The first-order valence-corrected chi connectivity index (χ1v) is 11.8. The monoisotopic (exact) mass is 441 g/mol. The van der Waals surface area contributed by atoms with E-state index in [4.69, 9.17) is 4.74 Å². The zero-order valence-corrected chi connectivity index (χ0v) is 19.1. The van der Waals surface area contributed by atoms with Crippen LogP contribution >= 0.6 is 0 Å². The lowest BCUT2D eigenvalue weighted by atomic mass is 9.83. The zero-order valence-electron chi connectivity index (χ0n) is 19.1. The van der Waals surface area contributed by atoms with Crippen LogP contribution in [-0.2, 0) is 17.6 Å². The number of ether oxygens (including phenoxy) is 1. The fraction of sp³-hybridized carbons (Fsp3) is 0.321. The van der Waals surface area contributed by atoms with Gasteiger partial charge >= 0.3 is 0 Å². The summed E-state index contributed by atoms with van der Waals surface area (Å²) in [6.45, 7) is 3.38. The van der Waals surface area contributed by atoms with Gasteiger partial charge in [0, 0.05) is 37.6 Å². The quantitative estimate of drug-likeness (QED) is 0.630. The SMILES string of the molecule is COc1ccc(CCNC(=O)[C@H]2Cc3ccccc3N3CCN(c4ccccc4)C[C@@H]23)cc1. The van der Waals surface area contributed by atoms with Crippen LogP contribution in [-0.4, -0.2) is 45.2 Å². The lowest BCUT2D eigenvalue weighted by Gasteiger charge is -2.49. The molecule has 2 heterocycles. The van der Waals surface area contributed by atoms with Gasteiger partial charge < -0.3 is 19.9 Å². The number of carbonyl (C=O) groups is 1. The summed E-state index contributed by atoms with van der Waals surface area (Å²) in [5, 5.41) is 3.23. The standard InChI is InChI=1S/C28H31N3O2/c1-33-24-13-11-21(12-14-24)15-16-29-28(32)25-19-22-7-5-6-10-26(22)31-18-17-30(20-27(25)31)23-8-3-2-4-9-23/h2-14,25,27H,15-20H2,1H3,(H,29,32)/t25-,27-/m0/s1. The van der Waals surface area contributed by atoms with Crippen LogP contribution in [0.1, 0.15) is 11.1 Å². The van der Waals surface area contributed by atoms with Gasteiger partial charge in [0.1, 0.15) is 5.75 Å². The highest BCUT2D eigenvalue weighted by Gasteiger charge is 2.41. The van der Waals surface area contributed by atoms with E-state index < -0.39 is 0 Å². The van der Waals surface area contributed by atoms with E-state index in [0.717, 1.165) is 38.2 Å². The number of carbonyl (C=O) groups excluding carboxylic acids is 1. The van der Waals surface area contributed by atoms with E-state index in [9.17, 15) is 4.79 Å². The molecule has 5 heteroatoms. The van der Waals surface area contributed by atoms with Crippen molar-refractivity contribution in [3.05, 3.63) is 90.0 Å². The maximum Gasteiger partial charge on any atom is 0.225 e. The fourth-order valence-electron chi connectivity index (χ4n) is 5.18. The topological polar surface area (TPSA) is 44.8 Å². The van der Waals surface area contributed by atoms with Crippen molar-refractivity contribution in [1.82, 2.24) is 5.32 Å². The summed E-state index contributed by atoms with van der Waals surface area (Å²) in [7, 11) is 1.67. The van der Waals surface area contributed by atoms with Crippen LogP contribution in [0.25, 0.3) is 0 Å². The molecule has 2 aliphatic heterocycles. The van der Waals surface area contributed by atoms with Crippen molar-refractivity contribution in [1.29, 1.82) is 0 Å². The van der Waals surface area contributed by atoms with E-state index in [-0.39, 0.29) is 17.9 Å². The summed E-state index contributed by atoms with van der Waals surface area (Å²) in [4.78, 5) is 18.3. The minimum Gasteiger partial charge on any atom is -0.497 e. The number of fused-ring (bicyclic) bond motifs is 3. The summed E-state index contributed by atoms with van der Waals surface area (Å²) in [5.41, 5.74) is 4.99. The molecule has 0 unspecified atom stereocenters. The lowest BCUT2D eigenvalue weighted by Crippen LogP contribution is -2.61. The highest BCUT2D eigenvalue weighted by molar-refractivity contribution is 5.82. The van der Waals surface area contributed by atoms with Gasteiger partial charge in [-0.25, -0.2) is 0 Å². The number of hydrogen-bond acceptors (Lipinski definition) is 4. The number of para-hydroxylation sites is 2.